The zero-order chi connectivity index (χ0) is 18.4. The van der Waals surface area contributed by atoms with Crippen LogP contribution in [0.4, 0.5) is 0 Å². The molecule has 1 aromatic heterocycles. The summed E-state index contributed by atoms with van der Waals surface area (Å²) in [7, 11) is 1.52. The molecule has 0 saturated heterocycles. The van der Waals surface area contributed by atoms with Crippen LogP contribution in [0.3, 0.4) is 0 Å². The van der Waals surface area contributed by atoms with E-state index in [1.165, 1.54) is 13.4 Å². The highest BCUT2D eigenvalue weighted by Gasteiger charge is 2.37. The predicted molar refractivity (Wildman–Crippen MR) is 94.0 cm³/mol. The van der Waals surface area contributed by atoms with E-state index >= 15 is 0 Å². The van der Waals surface area contributed by atoms with Gasteiger partial charge in [0.1, 0.15) is 17.8 Å². The Morgan fingerprint density at radius 2 is 1.73 bits per heavy atom. The van der Waals surface area contributed by atoms with Crippen molar-refractivity contribution < 1.29 is 23.5 Å². The van der Waals surface area contributed by atoms with Gasteiger partial charge in [-0.25, -0.2) is 0 Å². The van der Waals surface area contributed by atoms with Gasteiger partial charge < -0.3 is 9.15 Å². The summed E-state index contributed by atoms with van der Waals surface area (Å²) in [6.07, 6.45) is 1.25. The highest BCUT2D eigenvalue weighted by molar-refractivity contribution is 6.53. The third kappa shape index (κ3) is 2.29. The molecular weight excluding hydrogens is 332 g/mol. The lowest BCUT2D eigenvalue weighted by atomic mass is 9.85. The van der Waals surface area contributed by atoms with Crippen molar-refractivity contribution in [1.29, 1.82) is 0 Å². The molecular formula is C21H14O5. The molecule has 4 rings (SSSR count). The molecule has 0 atom stereocenters. The second-order valence-corrected chi connectivity index (χ2v) is 6.13. The van der Waals surface area contributed by atoms with Crippen molar-refractivity contribution >= 4 is 17.3 Å². The number of fused-ring (bicyclic) bond motifs is 3. The highest BCUT2D eigenvalue weighted by atomic mass is 16.5. The van der Waals surface area contributed by atoms with Crippen LogP contribution in [0.5, 0.6) is 5.75 Å². The fraction of sp³-hybridized carbons (Fsp3) is 0.0952. The molecule has 3 aromatic rings. The van der Waals surface area contributed by atoms with Crippen LogP contribution in [0.25, 0.3) is 11.3 Å². The molecule has 0 N–H and O–H groups in total. The Bertz CT molecular complexity index is 1090. The Morgan fingerprint density at radius 3 is 2.46 bits per heavy atom. The maximum atomic E-state index is 13.0. The van der Waals surface area contributed by atoms with Gasteiger partial charge in [-0.15, -0.1) is 0 Å². The SMILES string of the molecule is COc1cc(C)cc(C(=O)c2coc3c2C(=O)C(=O)c2ccccc2-3)c1. The van der Waals surface area contributed by atoms with Crippen molar-refractivity contribution in [2.24, 2.45) is 0 Å². The standard InChI is InChI=1S/C21H14O5/c1-11-7-12(9-13(8-11)25-2)18(22)16-10-26-21-15-6-4-3-5-14(15)19(23)20(24)17(16)21/h3-10H,1-2H3. The largest absolute Gasteiger partial charge is 0.497 e. The molecule has 128 valence electrons. The third-order valence-corrected chi connectivity index (χ3v) is 4.43. The number of carbonyl (C=O) groups excluding carboxylic acids is 3. The Labute approximate surface area is 149 Å². The van der Waals surface area contributed by atoms with Gasteiger partial charge in [-0.3, -0.25) is 14.4 Å². The van der Waals surface area contributed by atoms with Crippen LogP contribution in [0.2, 0.25) is 0 Å². The van der Waals surface area contributed by atoms with E-state index in [2.05, 4.69) is 0 Å². The van der Waals surface area contributed by atoms with Gasteiger partial charge in [0.25, 0.3) is 0 Å². The molecule has 0 saturated carbocycles. The number of aryl methyl sites for hydroxylation is 1. The van der Waals surface area contributed by atoms with Gasteiger partial charge in [0, 0.05) is 16.7 Å². The zero-order valence-electron chi connectivity index (χ0n) is 14.2. The molecule has 0 bridgehead atoms. The van der Waals surface area contributed by atoms with Crippen molar-refractivity contribution in [3.8, 4) is 17.1 Å². The number of methoxy groups -OCH3 is 1. The number of hydrogen-bond donors (Lipinski definition) is 0. The molecule has 5 heteroatoms. The van der Waals surface area contributed by atoms with E-state index in [0.717, 1.165) is 5.56 Å². The topological polar surface area (TPSA) is 73.6 Å². The molecule has 1 aliphatic carbocycles. The monoisotopic (exact) mass is 346 g/mol. The van der Waals surface area contributed by atoms with Gasteiger partial charge >= 0.3 is 0 Å². The molecule has 5 nitrogen and oxygen atoms in total. The van der Waals surface area contributed by atoms with E-state index in [1.54, 1.807) is 42.5 Å². The highest BCUT2D eigenvalue weighted by Crippen LogP contribution is 2.37. The summed E-state index contributed by atoms with van der Waals surface area (Å²) >= 11 is 0. The van der Waals surface area contributed by atoms with E-state index in [9.17, 15) is 14.4 Å². The molecule has 0 amide bonds. The number of Topliss-reactive ketones (excluding diaryl/α,β-unsaturated/α-hetero) is 2. The molecule has 1 heterocycles. The van der Waals surface area contributed by atoms with Gasteiger partial charge in [0.15, 0.2) is 5.78 Å². The zero-order valence-corrected chi connectivity index (χ0v) is 14.2. The number of furan rings is 1. The van der Waals surface area contributed by atoms with Crippen molar-refractivity contribution in [2.45, 2.75) is 6.92 Å². The minimum Gasteiger partial charge on any atom is -0.497 e. The first kappa shape index (κ1) is 16.0. The summed E-state index contributed by atoms with van der Waals surface area (Å²) in [4.78, 5) is 38.0. The maximum Gasteiger partial charge on any atom is 0.238 e. The summed E-state index contributed by atoms with van der Waals surface area (Å²) in [5.74, 6) is -0.954. The first-order valence-corrected chi connectivity index (χ1v) is 8.01. The number of benzene rings is 2. The molecule has 1 aliphatic rings. The van der Waals surface area contributed by atoms with Gasteiger partial charge in [-0.1, -0.05) is 24.3 Å². The lowest BCUT2D eigenvalue weighted by Gasteiger charge is -2.13. The normalized spacial score (nSPS) is 12.5. The Kier molecular flexibility index (Phi) is 3.58. The van der Waals surface area contributed by atoms with Crippen LogP contribution in [0, 0.1) is 6.92 Å². The van der Waals surface area contributed by atoms with Crippen molar-refractivity contribution in [3.05, 3.63) is 76.5 Å². The number of hydrogen-bond acceptors (Lipinski definition) is 5. The van der Waals surface area contributed by atoms with E-state index in [0.29, 0.717) is 16.9 Å². The van der Waals surface area contributed by atoms with Gasteiger partial charge in [-0.05, 0) is 30.7 Å². The Hall–Kier alpha value is -3.47. The summed E-state index contributed by atoms with van der Waals surface area (Å²) < 4.78 is 10.7. The predicted octanol–water partition coefficient (Wildman–Crippen LogP) is 3.87. The number of rotatable bonds is 3. The van der Waals surface area contributed by atoms with E-state index < -0.39 is 17.3 Å². The van der Waals surface area contributed by atoms with Crippen LogP contribution < -0.4 is 4.74 Å². The minimum absolute atomic E-state index is 0.0270. The Morgan fingerprint density at radius 1 is 1.00 bits per heavy atom. The van der Waals surface area contributed by atoms with E-state index in [4.69, 9.17) is 9.15 Å². The van der Waals surface area contributed by atoms with Crippen molar-refractivity contribution in [2.75, 3.05) is 7.11 Å². The maximum absolute atomic E-state index is 13.0. The average molecular weight is 346 g/mol. The number of ketones is 3. The molecule has 0 radical (unpaired) electrons. The molecule has 26 heavy (non-hydrogen) atoms. The average Bonchev–Trinajstić information content (AvgIpc) is 3.10. The quantitative estimate of drug-likeness (QED) is 0.532. The third-order valence-electron chi connectivity index (χ3n) is 4.43. The molecule has 0 fully saturated rings. The van der Waals surface area contributed by atoms with Gasteiger partial charge in [0.05, 0.1) is 18.2 Å². The summed E-state index contributed by atoms with van der Waals surface area (Å²) in [5.41, 5.74) is 2.13. The first-order chi connectivity index (χ1) is 12.5. The lowest BCUT2D eigenvalue weighted by molar-refractivity contribution is 0.0813. The molecule has 0 unspecified atom stereocenters. The smallest absolute Gasteiger partial charge is 0.238 e. The second-order valence-electron chi connectivity index (χ2n) is 6.13. The van der Waals surface area contributed by atoms with Crippen LogP contribution in [-0.4, -0.2) is 24.5 Å². The summed E-state index contributed by atoms with van der Waals surface area (Å²) in [6.45, 7) is 1.84. The van der Waals surface area contributed by atoms with E-state index in [-0.39, 0.29) is 22.5 Å². The first-order valence-electron chi connectivity index (χ1n) is 8.01. The van der Waals surface area contributed by atoms with Crippen LogP contribution in [0.1, 0.15) is 42.2 Å². The van der Waals surface area contributed by atoms with Gasteiger partial charge in [-0.2, -0.15) is 0 Å². The second kappa shape index (κ2) is 5.81. The van der Waals surface area contributed by atoms with Crippen molar-refractivity contribution in [3.63, 3.8) is 0 Å². The molecule has 2 aromatic carbocycles. The number of ether oxygens (including phenoxy) is 1. The van der Waals surface area contributed by atoms with Crippen molar-refractivity contribution in [1.82, 2.24) is 0 Å². The molecule has 0 spiro atoms. The number of carbonyl (C=O) groups is 3. The van der Waals surface area contributed by atoms with Crippen LogP contribution >= 0.6 is 0 Å². The fourth-order valence-corrected chi connectivity index (χ4v) is 3.22. The minimum atomic E-state index is -0.726. The van der Waals surface area contributed by atoms with Gasteiger partial charge in [0.2, 0.25) is 11.6 Å². The molecule has 0 aliphatic heterocycles. The summed E-state index contributed by atoms with van der Waals surface area (Å²) in [5, 5.41) is 0. The summed E-state index contributed by atoms with van der Waals surface area (Å²) in [6, 6.07) is 11.8. The van der Waals surface area contributed by atoms with E-state index in [1.807, 2.05) is 6.92 Å². The van der Waals surface area contributed by atoms with Crippen LogP contribution in [0.15, 0.2) is 53.1 Å². The Balaban J connectivity index is 1.88. The lowest BCUT2D eigenvalue weighted by Crippen LogP contribution is -2.22. The fourth-order valence-electron chi connectivity index (χ4n) is 3.22. The van der Waals surface area contributed by atoms with Crippen LogP contribution in [-0.2, 0) is 0 Å².